The maximum atomic E-state index is 12.1. The zero-order chi connectivity index (χ0) is 14.5. The van der Waals surface area contributed by atoms with Crippen molar-refractivity contribution < 1.29 is 14.6 Å². The van der Waals surface area contributed by atoms with E-state index in [2.05, 4.69) is 21.2 Å². The Hall–Kier alpha value is -0.910. The lowest BCUT2D eigenvalue weighted by Gasteiger charge is -2.26. The van der Waals surface area contributed by atoms with Crippen LogP contribution in [-0.4, -0.2) is 36.9 Å². The number of aliphatic hydroxyl groups excluding tert-OH is 1. The Morgan fingerprint density at radius 1 is 1.50 bits per heavy atom. The monoisotopic (exact) mass is 341 g/mol. The number of aliphatic hydroxyl groups is 1. The molecule has 110 valence electrons. The third-order valence-corrected chi connectivity index (χ3v) is 4.65. The lowest BCUT2D eigenvalue weighted by atomic mass is 9.94. The zero-order valence-corrected chi connectivity index (χ0v) is 13.1. The van der Waals surface area contributed by atoms with Gasteiger partial charge < -0.3 is 15.2 Å². The number of halogens is 1. The van der Waals surface area contributed by atoms with Crippen LogP contribution in [0.3, 0.4) is 0 Å². The summed E-state index contributed by atoms with van der Waals surface area (Å²) in [5.41, 5.74) is 1.55. The second kappa shape index (κ2) is 7.20. The molecule has 20 heavy (non-hydrogen) atoms. The first kappa shape index (κ1) is 15.5. The van der Waals surface area contributed by atoms with E-state index in [4.69, 9.17) is 4.74 Å². The SMILES string of the molecule is Cc1c(Br)cccc1C(=O)NC[C@@H](O)C1CCOCC1. The third-order valence-electron chi connectivity index (χ3n) is 3.79. The Labute approximate surface area is 127 Å². The van der Waals surface area contributed by atoms with Crippen molar-refractivity contribution in [1.82, 2.24) is 5.32 Å². The second-order valence-corrected chi connectivity index (χ2v) is 5.99. The molecule has 1 aliphatic heterocycles. The molecule has 1 aromatic carbocycles. The highest BCUT2D eigenvalue weighted by Gasteiger charge is 2.22. The van der Waals surface area contributed by atoms with E-state index in [0.717, 1.165) is 22.9 Å². The largest absolute Gasteiger partial charge is 0.391 e. The van der Waals surface area contributed by atoms with Crippen LogP contribution in [-0.2, 0) is 4.74 Å². The van der Waals surface area contributed by atoms with E-state index in [9.17, 15) is 9.90 Å². The first-order chi connectivity index (χ1) is 9.59. The molecule has 0 radical (unpaired) electrons. The number of carbonyl (C=O) groups excluding carboxylic acids is 1. The van der Waals surface area contributed by atoms with Crippen molar-refractivity contribution in [3.05, 3.63) is 33.8 Å². The van der Waals surface area contributed by atoms with Gasteiger partial charge in [0.15, 0.2) is 0 Å². The van der Waals surface area contributed by atoms with Crippen molar-refractivity contribution in [1.29, 1.82) is 0 Å². The molecule has 0 spiro atoms. The van der Waals surface area contributed by atoms with Crippen molar-refractivity contribution in [2.75, 3.05) is 19.8 Å². The highest BCUT2D eigenvalue weighted by atomic mass is 79.9. The summed E-state index contributed by atoms with van der Waals surface area (Å²) in [5.74, 6) is 0.0718. The van der Waals surface area contributed by atoms with Gasteiger partial charge in [0.1, 0.15) is 0 Å². The number of nitrogens with one attached hydrogen (secondary N) is 1. The topological polar surface area (TPSA) is 58.6 Å². The van der Waals surface area contributed by atoms with Crippen LogP contribution in [0.15, 0.2) is 22.7 Å². The van der Waals surface area contributed by atoms with Gasteiger partial charge in [0.2, 0.25) is 0 Å². The van der Waals surface area contributed by atoms with E-state index in [1.807, 2.05) is 19.1 Å². The summed E-state index contributed by atoms with van der Waals surface area (Å²) in [6.45, 7) is 3.57. The second-order valence-electron chi connectivity index (χ2n) is 5.14. The number of ether oxygens (including phenoxy) is 1. The average molecular weight is 342 g/mol. The van der Waals surface area contributed by atoms with Gasteiger partial charge in [-0.1, -0.05) is 22.0 Å². The first-order valence-corrected chi connectivity index (χ1v) is 7.68. The van der Waals surface area contributed by atoms with E-state index in [0.29, 0.717) is 18.8 Å². The predicted octanol–water partition coefficient (Wildman–Crippen LogP) is 2.27. The molecule has 2 rings (SSSR count). The summed E-state index contributed by atoms with van der Waals surface area (Å²) in [5, 5.41) is 12.9. The number of hydrogen-bond donors (Lipinski definition) is 2. The highest BCUT2D eigenvalue weighted by molar-refractivity contribution is 9.10. The molecule has 1 atom stereocenters. The van der Waals surface area contributed by atoms with Gasteiger partial charge in [-0.05, 0) is 43.4 Å². The lowest BCUT2D eigenvalue weighted by molar-refractivity contribution is 0.00872. The fourth-order valence-corrected chi connectivity index (χ4v) is 2.78. The summed E-state index contributed by atoms with van der Waals surface area (Å²) in [7, 11) is 0. The molecule has 0 aliphatic carbocycles. The van der Waals surface area contributed by atoms with Crippen LogP contribution >= 0.6 is 15.9 Å². The maximum Gasteiger partial charge on any atom is 0.251 e. The summed E-state index contributed by atoms with van der Waals surface area (Å²) >= 11 is 3.41. The molecule has 0 unspecified atom stereocenters. The van der Waals surface area contributed by atoms with E-state index in [-0.39, 0.29) is 18.4 Å². The van der Waals surface area contributed by atoms with Crippen LogP contribution in [0, 0.1) is 12.8 Å². The van der Waals surface area contributed by atoms with E-state index < -0.39 is 6.10 Å². The van der Waals surface area contributed by atoms with Crippen LogP contribution < -0.4 is 5.32 Å². The number of benzene rings is 1. The Bertz CT molecular complexity index is 472. The molecular formula is C15H20BrNO3. The van der Waals surface area contributed by atoms with Gasteiger partial charge in [0.25, 0.3) is 5.91 Å². The highest BCUT2D eigenvalue weighted by Crippen LogP contribution is 2.20. The molecule has 1 heterocycles. The molecule has 0 saturated carbocycles. The first-order valence-electron chi connectivity index (χ1n) is 6.88. The van der Waals surface area contributed by atoms with Crippen LogP contribution in [0.2, 0.25) is 0 Å². The van der Waals surface area contributed by atoms with Gasteiger partial charge in [0.05, 0.1) is 6.10 Å². The molecule has 2 N–H and O–H groups in total. The molecule has 0 bridgehead atoms. The quantitative estimate of drug-likeness (QED) is 0.883. The van der Waals surface area contributed by atoms with Gasteiger partial charge in [-0.15, -0.1) is 0 Å². The molecule has 1 amide bonds. The average Bonchev–Trinajstić information content (AvgIpc) is 2.48. The molecule has 5 heteroatoms. The van der Waals surface area contributed by atoms with Crippen molar-refractivity contribution in [3.8, 4) is 0 Å². The molecule has 1 saturated heterocycles. The standard InChI is InChI=1S/C15H20BrNO3/c1-10-12(3-2-4-13(10)16)15(19)17-9-14(18)11-5-7-20-8-6-11/h2-4,11,14,18H,5-9H2,1H3,(H,17,19)/t14-/m1/s1. The molecule has 1 fully saturated rings. The van der Waals surface area contributed by atoms with E-state index in [1.165, 1.54) is 0 Å². The molecule has 0 aromatic heterocycles. The van der Waals surface area contributed by atoms with Gasteiger partial charge in [-0.25, -0.2) is 0 Å². The van der Waals surface area contributed by atoms with Gasteiger partial charge >= 0.3 is 0 Å². The summed E-state index contributed by atoms with van der Waals surface area (Å²) in [6.07, 6.45) is 1.20. The Kier molecular flexibility index (Phi) is 5.57. The minimum atomic E-state index is -0.504. The third kappa shape index (κ3) is 3.81. The van der Waals surface area contributed by atoms with Crippen LogP contribution in [0.5, 0.6) is 0 Å². The maximum absolute atomic E-state index is 12.1. The van der Waals surface area contributed by atoms with Gasteiger partial charge in [-0.2, -0.15) is 0 Å². The zero-order valence-electron chi connectivity index (χ0n) is 11.6. The Morgan fingerprint density at radius 2 is 2.20 bits per heavy atom. The number of carbonyl (C=O) groups is 1. The predicted molar refractivity (Wildman–Crippen MR) is 80.8 cm³/mol. The van der Waals surface area contributed by atoms with E-state index >= 15 is 0 Å². The fourth-order valence-electron chi connectivity index (χ4n) is 2.41. The van der Waals surface area contributed by atoms with Crippen molar-refractivity contribution >= 4 is 21.8 Å². The fraction of sp³-hybridized carbons (Fsp3) is 0.533. The Balaban J connectivity index is 1.89. The Morgan fingerprint density at radius 3 is 2.90 bits per heavy atom. The molecule has 4 nitrogen and oxygen atoms in total. The lowest BCUT2D eigenvalue weighted by Crippen LogP contribution is -2.38. The van der Waals surface area contributed by atoms with Gasteiger partial charge in [0, 0.05) is 29.8 Å². The summed E-state index contributed by atoms with van der Waals surface area (Å²) in [4.78, 5) is 12.1. The van der Waals surface area contributed by atoms with Crippen LogP contribution in [0.25, 0.3) is 0 Å². The minimum absolute atomic E-state index is 0.144. The van der Waals surface area contributed by atoms with Crippen molar-refractivity contribution in [2.45, 2.75) is 25.9 Å². The normalized spacial score (nSPS) is 17.8. The number of hydrogen-bond acceptors (Lipinski definition) is 3. The minimum Gasteiger partial charge on any atom is -0.391 e. The smallest absolute Gasteiger partial charge is 0.251 e. The van der Waals surface area contributed by atoms with Crippen molar-refractivity contribution in [2.24, 2.45) is 5.92 Å². The summed E-state index contributed by atoms with van der Waals surface area (Å²) < 4.78 is 6.18. The molecule has 1 aromatic rings. The summed E-state index contributed by atoms with van der Waals surface area (Å²) in [6, 6.07) is 5.53. The van der Waals surface area contributed by atoms with Gasteiger partial charge in [-0.3, -0.25) is 4.79 Å². The number of amides is 1. The molecular weight excluding hydrogens is 322 g/mol. The van der Waals surface area contributed by atoms with Crippen molar-refractivity contribution in [3.63, 3.8) is 0 Å². The molecule has 1 aliphatic rings. The van der Waals surface area contributed by atoms with E-state index in [1.54, 1.807) is 6.07 Å². The van der Waals surface area contributed by atoms with Crippen LogP contribution in [0.1, 0.15) is 28.8 Å². The van der Waals surface area contributed by atoms with Crippen LogP contribution in [0.4, 0.5) is 0 Å². The number of rotatable bonds is 4.